The fourth-order valence-corrected chi connectivity index (χ4v) is 3.14. The van der Waals surface area contributed by atoms with E-state index < -0.39 is 5.82 Å². The number of aryl methyl sites for hydroxylation is 1. The summed E-state index contributed by atoms with van der Waals surface area (Å²) in [6, 6.07) is 4.11. The van der Waals surface area contributed by atoms with E-state index in [0.29, 0.717) is 12.8 Å². The molecule has 0 saturated heterocycles. The van der Waals surface area contributed by atoms with Gasteiger partial charge in [0, 0.05) is 23.7 Å². The number of aromatic amines is 1. The number of rotatable bonds is 5. The summed E-state index contributed by atoms with van der Waals surface area (Å²) in [4.78, 5) is 24.2. The van der Waals surface area contributed by atoms with Crippen LogP contribution in [-0.2, 0) is 17.6 Å². The van der Waals surface area contributed by atoms with Crippen LogP contribution in [0.5, 0.6) is 0 Å². The van der Waals surface area contributed by atoms with Gasteiger partial charge in [-0.2, -0.15) is 5.10 Å². The summed E-state index contributed by atoms with van der Waals surface area (Å²) in [5, 5.41) is 12.5. The van der Waals surface area contributed by atoms with E-state index in [1.54, 1.807) is 6.20 Å². The molecule has 6 nitrogen and oxygen atoms in total. The molecule has 1 aromatic heterocycles. The van der Waals surface area contributed by atoms with Gasteiger partial charge in [0.25, 0.3) is 5.91 Å². The Morgan fingerprint density at radius 2 is 2.19 bits per heavy atom. The highest BCUT2D eigenvalue weighted by Crippen LogP contribution is 2.20. The third-order valence-electron chi connectivity index (χ3n) is 4.45. The van der Waals surface area contributed by atoms with E-state index >= 15 is 0 Å². The molecule has 0 saturated carbocycles. The molecule has 0 fully saturated rings. The molecule has 138 valence electrons. The summed E-state index contributed by atoms with van der Waals surface area (Å²) < 4.78 is 14.2. The van der Waals surface area contributed by atoms with Gasteiger partial charge in [-0.25, -0.2) is 4.39 Å². The largest absolute Gasteiger partial charge is 0.349 e. The van der Waals surface area contributed by atoms with E-state index in [-0.39, 0.29) is 35.0 Å². The predicted molar refractivity (Wildman–Crippen MR) is 96.4 cm³/mol. The molecule has 0 bridgehead atoms. The minimum atomic E-state index is -0.615. The molecular formula is C19H23FN4O2. The first-order valence-electron chi connectivity index (χ1n) is 8.83. The second-order valence-electron chi connectivity index (χ2n) is 7.13. The summed E-state index contributed by atoms with van der Waals surface area (Å²) in [7, 11) is 0. The number of halogens is 1. The van der Waals surface area contributed by atoms with Crippen molar-refractivity contribution in [3.05, 3.63) is 47.0 Å². The second kappa shape index (κ2) is 7.68. The maximum absolute atomic E-state index is 14.2. The van der Waals surface area contributed by atoms with Crippen LogP contribution in [0, 0.1) is 11.7 Å². The summed E-state index contributed by atoms with van der Waals surface area (Å²) in [5.41, 5.74) is 2.55. The highest BCUT2D eigenvalue weighted by molar-refractivity contribution is 5.96. The Kier molecular flexibility index (Phi) is 5.35. The third kappa shape index (κ3) is 4.28. The van der Waals surface area contributed by atoms with Crippen molar-refractivity contribution in [3.63, 3.8) is 0 Å². The van der Waals surface area contributed by atoms with Crippen molar-refractivity contribution < 1.29 is 14.0 Å². The molecule has 1 aliphatic rings. The van der Waals surface area contributed by atoms with Gasteiger partial charge in [-0.15, -0.1) is 0 Å². The van der Waals surface area contributed by atoms with Gasteiger partial charge in [0.05, 0.1) is 11.9 Å². The van der Waals surface area contributed by atoms with Crippen molar-refractivity contribution in [1.29, 1.82) is 0 Å². The van der Waals surface area contributed by atoms with Crippen LogP contribution in [0.3, 0.4) is 0 Å². The van der Waals surface area contributed by atoms with Crippen molar-refractivity contribution in [2.45, 2.75) is 45.6 Å². The van der Waals surface area contributed by atoms with Crippen molar-refractivity contribution in [1.82, 2.24) is 15.5 Å². The molecule has 3 rings (SSSR count). The first-order valence-corrected chi connectivity index (χ1v) is 8.83. The van der Waals surface area contributed by atoms with Crippen LogP contribution in [0.1, 0.15) is 48.3 Å². The molecule has 1 aliphatic carbocycles. The summed E-state index contributed by atoms with van der Waals surface area (Å²) in [6.07, 6.45) is 4.45. The summed E-state index contributed by atoms with van der Waals surface area (Å²) >= 11 is 0. The van der Waals surface area contributed by atoms with E-state index in [9.17, 15) is 14.0 Å². The van der Waals surface area contributed by atoms with Crippen molar-refractivity contribution in [2.24, 2.45) is 5.92 Å². The Bertz CT molecular complexity index is 816. The number of aromatic nitrogens is 2. The van der Waals surface area contributed by atoms with Gasteiger partial charge in [-0.05, 0) is 48.9 Å². The molecule has 26 heavy (non-hydrogen) atoms. The Morgan fingerprint density at radius 3 is 2.92 bits per heavy atom. The standard InChI is InChI=1S/C19H23FN4O2/c1-11(2)7-18(25)23-17-5-3-12(9-15(17)20)19(26)22-14-4-6-16-13(8-14)10-21-24-16/h3,5,9-11,14H,4,6-8H2,1-2H3,(H,21,24)(H,22,26)(H,23,25). The molecule has 7 heteroatoms. The molecule has 1 aromatic carbocycles. The van der Waals surface area contributed by atoms with Crippen molar-refractivity contribution in [2.75, 3.05) is 5.32 Å². The Morgan fingerprint density at radius 1 is 1.38 bits per heavy atom. The number of carbonyl (C=O) groups is 2. The maximum atomic E-state index is 14.2. The van der Waals surface area contributed by atoms with Gasteiger partial charge in [0.2, 0.25) is 5.91 Å². The van der Waals surface area contributed by atoms with Gasteiger partial charge in [0.1, 0.15) is 5.82 Å². The first-order chi connectivity index (χ1) is 12.4. The number of carbonyl (C=O) groups excluding carboxylic acids is 2. The zero-order valence-electron chi connectivity index (χ0n) is 14.9. The van der Waals surface area contributed by atoms with E-state index in [2.05, 4.69) is 20.8 Å². The molecule has 1 unspecified atom stereocenters. The number of hydrogen-bond acceptors (Lipinski definition) is 3. The molecule has 0 spiro atoms. The highest BCUT2D eigenvalue weighted by Gasteiger charge is 2.22. The van der Waals surface area contributed by atoms with Crippen LogP contribution in [0.15, 0.2) is 24.4 Å². The lowest BCUT2D eigenvalue weighted by molar-refractivity contribution is -0.116. The average molecular weight is 358 g/mol. The highest BCUT2D eigenvalue weighted by atomic mass is 19.1. The number of hydrogen-bond donors (Lipinski definition) is 3. The average Bonchev–Trinajstić information content (AvgIpc) is 3.03. The number of nitrogens with zero attached hydrogens (tertiary/aromatic N) is 1. The fourth-order valence-electron chi connectivity index (χ4n) is 3.14. The number of nitrogens with one attached hydrogen (secondary N) is 3. The van der Waals surface area contributed by atoms with Gasteiger partial charge in [-0.3, -0.25) is 14.7 Å². The fraction of sp³-hybridized carbons (Fsp3) is 0.421. The van der Waals surface area contributed by atoms with Gasteiger partial charge >= 0.3 is 0 Å². The van der Waals surface area contributed by atoms with Gasteiger partial charge in [-0.1, -0.05) is 13.8 Å². The minimum absolute atomic E-state index is 0.00100. The van der Waals surface area contributed by atoms with E-state index in [1.165, 1.54) is 12.1 Å². The number of fused-ring (bicyclic) bond motifs is 1. The van der Waals surface area contributed by atoms with E-state index in [4.69, 9.17) is 0 Å². The minimum Gasteiger partial charge on any atom is -0.349 e. The Balaban J connectivity index is 1.61. The van der Waals surface area contributed by atoms with Crippen LogP contribution < -0.4 is 10.6 Å². The van der Waals surface area contributed by atoms with Crippen molar-refractivity contribution in [3.8, 4) is 0 Å². The molecule has 2 amide bonds. The lowest BCUT2D eigenvalue weighted by Gasteiger charge is -2.23. The number of amides is 2. The van der Waals surface area contributed by atoms with Gasteiger partial charge < -0.3 is 10.6 Å². The van der Waals surface area contributed by atoms with Crippen LogP contribution in [0.25, 0.3) is 0 Å². The summed E-state index contributed by atoms with van der Waals surface area (Å²) in [6.45, 7) is 3.84. The van der Waals surface area contributed by atoms with Crippen LogP contribution in [0.2, 0.25) is 0 Å². The topological polar surface area (TPSA) is 86.9 Å². The maximum Gasteiger partial charge on any atom is 0.251 e. The van der Waals surface area contributed by atoms with Gasteiger partial charge in [0.15, 0.2) is 0 Å². The molecule has 1 heterocycles. The molecular weight excluding hydrogens is 335 g/mol. The number of benzene rings is 1. The lowest BCUT2D eigenvalue weighted by Crippen LogP contribution is -2.38. The van der Waals surface area contributed by atoms with Crippen LogP contribution in [-0.4, -0.2) is 28.1 Å². The quantitative estimate of drug-likeness (QED) is 0.768. The van der Waals surface area contributed by atoms with Crippen molar-refractivity contribution >= 4 is 17.5 Å². The molecule has 3 N–H and O–H groups in total. The zero-order chi connectivity index (χ0) is 18.7. The van der Waals surface area contributed by atoms with Crippen LogP contribution in [0.4, 0.5) is 10.1 Å². The summed E-state index contributed by atoms with van der Waals surface area (Å²) in [5.74, 6) is -0.986. The number of anilines is 1. The molecule has 1 atom stereocenters. The van der Waals surface area contributed by atoms with E-state index in [1.807, 2.05) is 13.8 Å². The smallest absolute Gasteiger partial charge is 0.251 e. The Hall–Kier alpha value is -2.70. The number of H-pyrrole nitrogens is 1. The van der Waals surface area contributed by atoms with Crippen LogP contribution >= 0.6 is 0 Å². The zero-order valence-corrected chi connectivity index (χ0v) is 14.9. The molecule has 2 aromatic rings. The monoisotopic (exact) mass is 358 g/mol. The second-order valence-corrected chi connectivity index (χ2v) is 7.13. The SMILES string of the molecule is CC(C)CC(=O)Nc1ccc(C(=O)NC2CCc3[nH]ncc3C2)cc1F. The lowest BCUT2D eigenvalue weighted by atomic mass is 9.93. The third-order valence-corrected chi connectivity index (χ3v) is 4.45. The molecule has 0 aliphatic heterocycles. The van der Waals surface area contributed by atoms with E-state index in [0.717, 1.165) is 30.2 Å². The normalized spacial score (nSPS) is 16.2. The molecule has 0 radical (unpaired) electrons. The first kappa shape index (κ1) is 18.1. The predicted octanol–water partition coefficient (Wildman–Crippen LogP) is 2.82. The Labute approximate surface area is 151 Å².